The Hall–Kier alpha value is -3.78. The minimum Gasteiger partial charge on any atom is -0.355 e. The van der Waals surface area contributed by atoms with E-state index in [9.17, 15) is 0 Å². The van der Waals surface area contributed by atoms with E-state index in [1.807, 2.05) is 0 Å². The molecule has 1 aliphatic heterocycles. The molecule has 0 saturated heterocycles. The Morgan fingerprint density at radius 1 is 0.800 bits per heavy atom. The van der Waals surface area contributed by atoms with Gasteiger partial charge in [0.05, 0.1) is 0 Å². The second-order valence-corrected chi connectivity index (χ2v) is 21.4. The molecule has 0 bridgehead atoms. The Kier molecular flexibility index (Phi) is 9.11. The van der Waals surface area contributed by atoms with Gasteiger partial charge in [-0.15, -0.1) is 0 Å². The quantitative estimate of drug-likeness (QED) is 0.264. The maximum absolute atomic E-state index is 4.03. The Morgan fingerprint density at radius 2 is 1.53 bits per heavy atom. The van der Waals surface area contributed by atoms with Crippen molar-refractivity contribution < 1.29 is 0 Å². The van der Waals surface area contributed by atoms with Crippen LogP contribution in [0.15, 0.2) is 102 Å². The minimum atomic E-state index is 0.0346. The van der Waals surface area contributed by atoms with Crippen LogP contribution in [0, 0.1) is 23.7 Å². The lowest BCUT2D eigenvalue weighted by molar-refractivity contribution is 0.138. The Labute approximate surface area is 334 Å². The zero-order chi connectivity index (χ0) is 39.3. The number of nitrogens with one attached hydrogen (secondary N) is 1. The molecule has 0 aromatic heterocycles. The third-order valence-corrected chi connectivity index (χ3v) is 14.5. The summed E-state index contributed by atoms with van der Waals surface area (Å²) < 4.78 is 0. The van der Waals surface area contributed by atoms with Crippen LogP contribution in [0.25, 0.3) is 11.1 Å². The molecule has 1 saturated carbocycles. The molecule has 4 aliphatic carbocycles. The summed E-state index contributed by atoms with van der Waals surface area (Å²) in [7, 11) is 2.60. The Balaban J connectivity index is 1.37. The van der Waals surface area contributed by atoms with Crippen LogP contribution >= 0.6 is 0 Å². The van der Waals surface area contributed by atoms with Gasteiger partial charge in [0.1, 0.15) is 0 Å². The first-order valence-electron chi connectivity index (χ1n) is 21.4. The second kappa shape index (κ2) is 13.1. The summed E-state index contributed by atoms with van der Waals surface area (Å²) in [6.07, 6.45) is 19.7. The lowest BCUT2D eigenvalue weighted by Crippen LogP contribution is -2.48. The van der Waals surface area contributed by atoms with Gasteiger partial charge in [0, 0.05) is 28.3 Å². The lowest BCUT2D eigenvalue weighted by atomic mass is 9.43. The highest BCUT2D eigenvalue weighted by molar-refractivity contribution is 6.67. The summed E-state index contributed by atoms with van der Waals surface area (Å²) in [5.74, 6) is 0.827. The zero-order valence-electron chi connectivity index (χ0n) is 36.1. The Bertz CT molecular complexity index is 2210. The van der Waals surface area contributed by atoms with E-state index >= 15 is 0 Å². The van der Waals surface area contributed by atoms with Crippen molar-refractivity contribution in [1.29, 1.82) is 0 Å². The molecule has 0 amide bonds. The average molecular weight is 727 g/mol. The van der Waals surface area contributed by atoms with Crippen LogP contribution in [0.5, 0.6) is 0 Å². The Morgan fingerprint density at radius 3 is 2.20 bits per heavy atom. The van der Waals surface area contributed by atoms with E-state index in [0.717, 1.165) is 12.8 Å². The standard InChI is InChI=1S/C53H65BN/c1-33-17-13-14-18-39(33)34-27-41(40-24-21-36(50(5,6)7)31-46(40)55-38-22-19-35(20-23-38)49(2,3)4)48-42(28-34)43-32-52(11)25-15-16-26-53(52,12)44-29-37(51(8,9)10)30-45(54-48)47(43)44/h13-14,17-19,21-24,28-32,34-35,55H,15-16,20,25-27H2,1-12H3. The third-order valence-electron chi connectivity index (χ3n) is 14.5. The molecular weight excluding hydrogens is 661 g/mol. The van der Waals surface area contributed by atoms with Gasteiger partial charge < -0.3 is 5.32 Å². The fourth-order valence-corrected chi connectivity index (χ4v) is 10.5. The molecule has 3 aromatic rings. The normalized spacial score (nSPS) is 26.2. The second-order valence-electron chi connectivity index (χ2n) is 21.4. The summed E-state index contributed by atoms with van der Waals surface area (Å²) in [6.45, 7) is 28.7. The van der Waals surface area contributed by atoms with Crippen molar-refractivity contribution in [2.24, 2.45) is 16.7 Å². The number of allylic oxidation sites excluding steroid dienone is 9. The van der Waals surface area contributed by atoms with E-state index in [1.165, 1.54) is 98.1 Å². The van der Waals surface area contributed by atoms with Crippen LogP contribution in [0.2, 0.25) is 0 Å². The summed E-state index contributed by atoms with van der Waals surface area (Å²) in [4.78, 5) is 0. The van der Waals surface area contributed by atoms with Gasteiger partial charge in [-0.1, -0.05) is 173 Å². The van der Waals surface area contributed by atoms with Crippen LogP contribution in [0.4, 0.5) is 5.69 Å². The van der Waals surface area contributed by atoms with Crippen molar-refractivity contribution >= 4 is 29.6 Å². The van der Waals surface area contributed by atoms with Gasteiger partial charge in [-0.25, -0.2) is 0 Å². The molecule has 2 heteroatoms. The summed E-state index contributed by atoms with van der Waals surface area (Å²) in [5.41, 5.74) is 20.2. The van der Waals surface area contributed by atoms with Gasteiger partial charge in [-0.2, -0.15) is 0 Å². The van der Waals surface area contributed by atoms with Gasteiger partial charge >= 0.3 is 0 Å². The molecule has 8 rings (SSSR count). The molecule has 4 atom stereocenters. The van der Waals surface area contributed by atoms with Crippen molar-refractivity contribution in [2.75, 3.05) is 5.32 Å². The average Bonchev–Trinajstić information content (AvgIpc) is 3.11. The van der Waals surface area contributed by atoms with Crippen molar-refractivity contribution in [2.45, 2.75) is 144 Å². The number of fused-ring (bicyclic) bond motifs is 4. The van der Waals surface area contributed by atoms with Crippen LogP contribution in [0.1, 0.15) is 160 Å². The highest BCUT2D eigenvalue weighted by Gasteiger charge is 2.52. The number of benzene rings is 3. The zero-order valence-corrected chi connectivity index (χ0v) is 36.1. The molecule has 1 N–H and O–H groups in total. The van der Waals surface area contributed by atoms with Crippen molar-refractivity contribution in [1.82, 2.24) is 0 Å². The predicted octanol–water partition coefficient (Wildman–Crippen LogP) is 13.6. The first-order valence-corrected chi connectivity index (χ1v) is 21.4. The molecule has 0 spiro atoms. The monoisotopic (exact) mass is 727 g/mol. The van der Waals surface area contributed by atoms with Gasteiger partial charge in [0.15, 0.2) is 7.28 Å². The maximum atomic E-state index is 4.03. The highest BCUT2D eigenvalue weighted by atomic mass is 14.9. The van der Waals surface area contributed by atoms with E-state index in [0.29, 0.717) is 5.92 Å². The number of aryl methyl sites for hydroxylation is 1. The molecule has 4 unspecified atom stereocenters. The summed E-state index contributed by atoms with van der Waals surface area (Å²) in [6, 6.07) is 21.6. The summed E-state index contributed by atoms with van der Waals surface area (Å²) >= 11 is 0. The first-order chi connectivity index (χ1) is 25.8. The largest absolute Gasteiger partial charge is 0.355 e. The third kappa shape index (κ3) is 6.58. The van der Waals surface area contributed by atoms with E-state index < -0.39 is 0 Å². The van der Waals surface area contributed by atoms with Crippen LogP contribution < -0.4 is 10.8 Å². The lowest BCUT2D eigenvalue weighted by Gasteiger charge is -2.54. The van der Waals surface area contributed by atoms with Crippen LogP contribution in [0.3, 0.4) is 0 Å². The first kappa shape index (κ1) is 38.1. The van der Waals surface area contributed by atoms with Crippen molar-refractivity contribution in [3.63, 3.8) is 0 Å². The topological polar surface area (TPSA) is 12.0 Å². The van der Waals surface area contributed by atoms with Gasteiger partial charge in [0.2, 0.25) is 0 Å². The smallest absolute Gasteiger partial charge is 0.193 e. The van der Waals surface area contributed by atoms with Crippen molar-refractivity contribution in [3.05, 3.63) is 141 Å². The van der Waals surface area contributed by atoms with Crippen LogP contribution in [-0.4, -0.2) is 7.28 Å². The number of hydrogen-bond donors (Lipinski definition) is 1. The highest BCUT2D eigenvalue weighted by Crippen LogP contribution is 2.61. The molecular formula is C53H65BN. The molecule has 285 valence electrons. The molecule has 5 aliphatic rings. The minimum absolute atomic E-state index is 0.0346. The maximum Gasteiger partial charge on any atom is 0.193 e. The molecule has 1 heterocycles. The van der Waals surface area contributed by atoms with E-state index in [2.05, 4.69) is 181 Å². The predicted molar refractivity (Wildman–Crippen MR) is 240 cm³/mol. The summed E-state index contributed by atoms with van der Waals surface area (Å²) in [5, 5.41) is 4.03. The fraction of sp³-hybridized carbons (Fsp3) is 0.472. The number of hydrogen-bond acceptors (Lipinski definition) is 1. The fourth-order valence-electron chi connectivity index (χ4n) is 10.5. The number of rotatable bonds is 4. The van der Waals surface area contributed by atoms with Crippen LogP contribution in [-0.2, 0) is 16.2 Å². The van der Waals surface area contributed by atoms with Gasteiger partial charge in [-0.05, 0) is 122 Å². The SMILES string of the molecule is Cc1ccccc1C1C=C2C3=CC4(C)CCCCC4(C)c4cc(C(C)(C)C)cc(c43)[B]C2=C(c2ccc(C(C)(C)C)cc2NC2=CCC(C(C)(C)C)C=C2)C1. The van der Waals surface area contributed by atoms with E-state index in [-0.39, 0.29) is 33.0 Å². The van der Waals surface area contributed by atoms with Gasteiger partial charge in [-0.3, -0.25) is 0 Å². The number of anilines is 1. The van der Waals surface area contributed by atoms with E-state index in [1.54, 1.807) is 5.56 Å². The molecule has 55 heavy (non-hydrogen) atoms. The molecule has 1 fully saturated rings. The molecule has 1 nitrogen and oxygen atoms in total. The molecule has 1 radical (unpaired) electrons. The molecule has 3 aromatic carbocycles. The van der Waals surface area contributed by atoms with Gasteiger partial charge in [0.25, 0.3) is 0 Å². The van der Waals surface area contributed by atoms with E-state index in [4.69, 9.17) is 0 Å². The van der Waals surface area contributed by atoms with Crippen molar-refractivity contribution in [3.8, 4) is 0 Å².